The van der Waals surface area contributed by atoms with Crippen molar-refractivity contribution in [3.05, 3.63) is 93.9 Å². The maximum Gasteiger partial charge on any atom is 0.264 e. The fourth-order valence-corrected chi connectivity index (χ4v) is 6.14. The zero-order chi connectivity index (χ0) is 22.7. The minimum Gasteiger partial charge on any atom is -0.487 e. The van der Waals surface area contributed by atoms with E-state index in [4.69, 9.17) is 4.74 Å². The van der Waals surface area contributed by atoms with Crippen LogP contribution in [0.1, 0.15) is 16.7 Å². The maximum atomic E-state index is 12.4. The summed E-state index contributed by atoms with van der Waals surface area (Å²) in [6.07, 6.45) is 1.89. The van der Waals surface area contributed by atoms with Crippen molar-refractivity contribution in [2.45, 2.75) is 13.5 Å². The summed E-state index contributed by atoms with van der Waals surface area (Å²) in [5.74, 6) is 0.711. The van der Waals surface area contributed by atoms with Crippen LogP contribution in [0, 0.1) is 14.1 Å². The highest BCUT2D eigenvalue weighted by Gasteiger charge is 2.24. The molecular weight excluding hydrogens is 714 g/mol. The van der Waals surface area contributed by atoms with E-state index in [-0.39, 0.29) is 5.91 Å². The molecule has 162 valence electrons. The number of amidine groups is 1. The van der Waals surface area contributed by atoms with Crippen LogP contribution in [0.5, 0.6) is 5.75 Å². The Morgan fingerprint density at radius 1 is 1.06 bits per heavy atom. The van der Waals surface area contributed by atoms with Crippen molar-refractivity contribution < 1.29 is 9.53 Å². The molecule has 1 heterocycles. The normalized spacial score (nSPS) is 15.9. The van der Waals surface area contributed by atoms with Crippen molar-refractivity contribution in [3.63, 3.8) is 0 Å². The van der Waals surface area contributed by atoms with E-state index in [9.17, 15) is 4.79 Å². The van der Waals surface area contributed by atoms with Crippen LogP contribution in [0.2, 0.25) is 0 Å². The van der Waals surface area contributed by atoms with E-state index < -0.39 is 0 Å². The van der Waals surface area contributed by atoms with Gasteiger partial charge >= 0.3 is 0 Å². The van der Waals surface area contributed by atoms with Gasteiger partial charge in [-0.3, -0.25) is 4.79 Å². The van der Waals surface area contributed by atoms with Gasteiger partial charge in [-0.15, -0.1) is 0 Å². The van der Waals surface area contributed by atoms with Gasteiger partial charge in [0.2, 0.25) is 0 Å². The zero-order valence-electron chi connectivity index (χ0n) is 16.9. The van der Waals surface area contributed by atoms with Gasteiger partial charge in [0.1, 0.15) is 12.4 Å². The molecule has 1 aliphatic heterocycles. The number of aryl methyl sites for hydroxylation is 1. The van der Waals surface area contributed by atoms with Crippen molar-refractivity contribution >= 4 is 95.7 Å². The van der Waals surface area contributed by atoms with Gasteiger partial charge in [-0.05, 0) is 117 Å². The smallest absolute Gasteiger partial charge is 0.264 e. The molecule has 1 aliphatic rings. The van der Waals surface area contributed by atoms with E-state index in [1.807, 2.05) is 73.7 Å². The Morgan fingerprint density at radius 2 is 1.72 bits per heavy atom. The van der Waals surface area contributed by atoms with Gasteiger partial charge in [0.05, 0.1) is 17.7 Å². The Kier molecular flexibility index (Phi) is 7.95. The summed E-state index contributed by atoms with van der Waals surface area (Å²) in [5, 5.41) is 3.43. The van der Waals surface area contributed by atoms with Gasteiger partial charge in [0, 0.05) is 4.47 Å². The van der Waals surface area contributed by atoms with Crippen LogP contribution >= 0.6 is 72.9 Å². The molecule has 4 rings (SSSR count). The number of aliphatic imine (C=N–C) groups is 1. The lowest BCUT2D eigenvalue weighted by atomic mass is 10.2. The molecule has 3 aromatic carbocycles. The van der Waals surface area contributed by atoms with Gasteiger partial charge in [-0.1, -0.05) is 45.8 Å². The van der Waals surface area contributed by atoms with Crippen molar-refractivity contribution in [1.29, 1.82) is 0 Å². The Bertz CT molecular complexity index is 1200. The number of ether oxygens (including phenoxy) is 1. The lowest BCUT2D eigenvalue weighted by Crippen LogP contribution is -2.19. The highest BCUT2D eigenvalue weighted by atomic mass is 127. The topological polar surface area (TPSA) is 50.7 Å². The molecule has 1 fully saturated rings. The monoisotopic (exact) mass is 730 g/mol. The molecular formula is C24H17BrI2N2O2S. The van der Waals surface area contributed by atoms with E-state index in [2.05, 4.69) is 71.4 Å². The van der Waals surface area contributed by atoms with Crippen molar-refractivity contribution in [2.24, 2.45) is 4.99 Å². The van der Waals surface area contributed by atoms with Crippen molar-refractivity contribution in [1.82, 2.24) is 5.32 Å². The van der Waals surface area contributed by atoms with Gasteiger partial charge < -0.3 is 10.1 Å². The van der Waals surface area contributed by atoms with E-state index in [1.165, 1.54) is 17.3 Å². The number of nitrogens with one attached hydrogen (secondary N) is 1. The number of thioether (sulfide) groups is 1. The van der Waals surface area contributed by atoms with E-state index in [0.717, 1.165) is 34.2 Å². The minimum absolute atomic E-state index is 0.138. The Morgan fingerprint density at radius 3 is 2.38 bits per heavy atom. The molecule has 0 bridgehead atoms. The Labute approximate surface area is 226 Å². The lowest BCUT2D eigenvalue weighted by molar-refractivity contribution is -0.115. The number of benzene rings is 3. The molecule has 0 spiro atoms. The molecule has 8 heteroatoms. The van der Waals surface area contributed by atoms with Crippen molar-refractivity contribution in [2.75, 3.05) is 0 Å². The third-order valence-electron chi connectivity index (χ3n) is 4.53. The number of carbonyl (C=O) groups is 1. The average Bonchev–Trinajstić information content (AvgIpc) is 3.09. The van der Waals surface area contributed by atoms with Crippen LogP contribution in [0.4, 0.5) is 5.69 Å². The standard InChI is InChI=1S/C24H17BrI2N2O2S/c1-14-2-8-18(9-3-14)28-24-29-23(30)21(32-24)12-16-10-19(26)22(20(27)11-16)31-13-15-4-6-17(25)7-5-15/h2-12H,13H2,1H3,(H,28,29,30)/b21-12+. The van der Waals surface area contributed by atoms with E-state index in [0.29, 0.717) is 16.7 Å². The number of rotatable bonds is 5. The van der Waals surface area contributed by atoms with E-state index in [1.54, 1.807) is 0 Å². The largest absolute Gasteiger partial charge is 0.487 e. The average molecular weight is 731 g/mol. The molecule has 32 heavy (non-hydrogen) atoms. The van der Waals surface area contributed by atoms with Gasteiger partial charge in [-0.25, -0.2) is 4.99 Å². The number of hydrogen-bond acceptors (Lipinski definition) is 4. The highest BCUT2D eigenvalue weighted by molar-refractivity contribution is 14.1. The lowest BCUT2D eigenvalue weighted by Gasteiger charge is -2.12. The second-order valence-corrected chi connectivity index (χ2v) is 11.3. The molecule has 0 saturated carbocycles. The summed E-state index contributed by atoms with van der Waals surface area (Å²) in [6, 6.07) is 20.0. The Balaban J connectivity index is 1.49. The van der Waals surface area contributed by atoms with Crippen LogP contribution in [-0.4, -0.2) is 11.1 Å². The minimum atomic E-state index is -0.138. The molecule has 0 radical (unpaired) electrons. The molecule has 1 saturated heterocycles. The third-order valence-corrected chi connectivity index (χ3v) is 7.57. The first-order chi connectivity index (χ1) is 15.4. The summed E-state index contributed by atoms with van der Waals surface area (Å²) in [5.41, 5.74) is 4.04. The van der Waals surface area contributed by atoms with Gasteiger partial charge in [0.15, 0.2) is 5.17 Å². The molecule has 1 amide bonds. The molecule has 0 atom stereocenters. The summed E-state index contributed by atoms with van der Waals surface area (Å²) in [6.45, 7) is 2.53. The molecule has 1 N–H and O–H groups in total. The molecule has 3 aromatic rings. The molecule has 0 aromatic heterocycles. The zero-order valence-corrected chi connectivity index (χ0v) is 23.6. The quantitative estimate of drug-likeness (QED) is 0.220. The second-order valence-electron chi connectivity index (χ2n) is 7.05. The first kappa shape index (κ1) is 23.8. The summed E-state index contributed by atoms with van der Waals surface area (Å²) in [4.78, 5) is 17.6. The first-order valence-electron chi connectivity index (χ1n) is 9.60. The molecule has 0 unspecified atom stereocenters. The first-order valence-corrected chi connectivity index (χ1v) is 13.4. The fraction of sp³-hybridized carbons (Fsp3) is 0.0833. The maximum absolute atomic E-state index is 12.4. The fourth-order valence-electron chi connectivity index (χ4n) is 2.91. The number of hydrogen-bond donors (Lipinski definition) is 1. The van der Waals surface area contributed by atoms with Crippen LogP contribution in [0.15, 0.2) is 75.0 Å². The molecule has 4 nitrogen and oxygen atoms in total. The summed E-state index contributed by atoms with van der Waals surface area (Å²) >= 11 is 9.35. The van der Waals surface area contributed by atoms with Crippen LogP contribution < -0.4 is 10.1 Å². The Hall–Kier alpha value is -1.37. The van der Waals surface area contributed by atoms with Crippen LogP contribution in [0.25, 0.3) is 6.08 Å². The number of halogens is 3. The predicted molar refractivity (Wildman–Crippen MR) is 152 cm³/mol. The second kappa shape index (κ2) is 10.7. The third kappa shape index (κ3) is 6.15. The van der Waals surface area contributed by atoms with E-state index >= 15 is 0 Å². The molecule has 0 aliphatic carbocycles. The number of amides is 1. The summed E-state index contributed by atoms with van der Waals surface area (Å²) in [7, 11) is 0. The summed E-state index contributed by atoms with van der Waals surface area (Å²) < 4.78 is 9.11. The SMILES string of the molecule is Cc1ccc(N=C2NC(=O)/C(=C\c3cc(I)c(OCc4ccc(Br)cc4)c(I)c3)S2)cc1. The van der Waals surface area contributed by atoms with Crippen LogP contribution in [0.3, 0.4) is 0 Å². The van der Waals surface area contributed by atoms with Crippen LogP contribution in [-0.2, 0) is 11.4 Å². The van der Waals surface area contributed by atoms with Gasteiger partial charge in [-0.2, -0.15) is 0 Å². The number of carbonyl (C=O) groups excluding carboxylic acids is 1. The predicted octanol–water partition coefficient (Wildman–Crippen LogP) is 7.44. The van der Waals surface area contributed by atoms with Gasteiger partial charge in [0.25, 0.3) is 5.91 Å². The number of nitrogens with zero attached hydrogens (tertiary/aromatic N) is 1. The van der Waals surface area contributed by atoms with Crippen molar-refractivity contribution in [3.8, 4) is 5.75 Å². The highest BCUT2D eigenvalue weighted by Crippen LogP contribution is 2.33.